The summed E-state index contributed by atoms with van der Waals surface area (Å²) in [6.07, 6.45) is 0.436. The first kappa shape index (κ1) is 13.8. The van der Waals surface area contributed by atoms with E-state index in [-0.39, 0.29) is 12.5 Å². The number of halogens is 1. The molecule has 5 heteroatoms. The van der Waals surface area contributed by atoms with Crippen molar-refractivity contribution in [2.75, 3.05) is 19.6 Å². The molecule has 17 heavy (non-hydrogen) atoms. The van der Waals surface area contributed by atoms with Gasteiger partial charge in [-0.2, -0.15) is 0 Å². The third-order valence-corrected chi connectivity index (χ3v) is 2.39. The van der Waals surface area contributed by atoms with Gasteiger partial charge in [-0.25, -0.2) is 0 Å². The predicted molar refractivity (Wildman–Crippen MR) is 66.4 cm³/mol. The van der Waals surface area contributed by atoms with Gasteiger partial charge in [0, 0.05) is 0 Å². The monoisotopic (exact) mass is 257 g/mol. The number of methoxy groups -OCH3 is 1. The number of esters is 1. The van der Waals surface area contributed by atoms with Crippen LogP contribution < -0.4 is 10.5 Å². The van der Waals surface area contributed by atoms with Crippen LogP contribution in [0.2, 0.25) is 0 Å². The van der Waals surface area contributed by atoms with Crippen molar-refractivity contribution < 1.29 is 14.3 Å². The van der Waals surface area contributed by atoms with Crippen molar-refractivity contribution >= 4 is 17.6 Å². The van der Waals surface area contributed by atoms with Crippen LogP contribution in [-0.4, -0.2) is 31.6 Å². The summed E-state index contributed by atoms with van der Waals surface area (Å²) in [6, 6.07) is 6.73. The van der Waals surface area contributed by atoms with Crippen LogP contribution in [0.1, 0.15) is 5.56 Å². The number of nitrogens with two attached hydrogens (primary N) is 1. The second-order valence-electron chi connectivity index (χ2n) is 3.52. The van der Waals surface area contributed by atoms with Crippen molar-refractivity contribution in [3.63, 3.8) is 0 Å². The van der Waals surface area contributed by atoms with Gasteiger partial charge in [-0.1, -0.05) is 12.1 Å². The van der Waals surface area contributed by atoms with Crippen LogP contribution in [0.4, 0.5) is 0 Å². The van der Waals surface area contributed by atoms with Gasteiger partial charge in [0.25, 0.3) is 0 Å². The summed E-state index contributed by atoms with van der Waals surface area (Å²) in [5.74, 6) is 0.620. The molecule has 0 radical (unpaired) electrons. The van der Waals surface area contributed by atoms with E-state index in [0.29, 0.717) is 6.42 Å². The Morgan fingerprint density at radius 3 is 2.59 bits per heavy atom. The van der Waals surface area contributed by atoms with Gasteiger partial charge in [-0.3, -0.25) is 4.79 Å². The van der Waals surface area contributed by atoms with E-state index in [9.17, 15) is 4.79 Å². The molecule has 0 saturated carbocycles. The summed E-state index contributed by atoms with van der Waals surface area (Å²) in [5, 5.41) is 0. The quantitative estimate of drug-likeness (QED) is 0.617. The lowest BCUT2D eigenvalue weighted by molar-refractivity contribution is -0.144. The Balaban J connectivity index is 2.49. The highest BCUT2D eigenvalue weighted by Gasteiger charge is 2.15. The van der Waals surface area contributed by atoms with Gasteiger partial charge in [-0.15, -0.1) is 11.6 Å². The number of hydrogen-bond donors (Lipinski definition) is 1. The van der Waals surface area contributed by atoms with Crippen LogP contribution in [-0.2, 0) is 16.0 Å². The van der Waals surface area contributed by atoms with E-state index in [2.05, 4.69) is 0 Å². The SMILES string of the molecule is COc1ccc(C[C@@H](N)C(=O)OCCCl)cc1. The summed E-state index contributed by atoms with van der Waals surface area (Å²) in [7, 11) is 1.60. The molecule has 1 aromatic rings. The third kappa shape index (κ3) is 4.63. The zero-order valence-electron chi connectivity index (χ0n) is 9.69. The second kappa shape index (κ2) is 7.14. The number of hydrogen-bond acceptors (Lipinski definition) is 4. The molecular formula is C12H16ClNO3. The summed E-state index contributed by atoms with van der Waals surface area (Å²) < 4.78 is 9.89. The Kier molecular flexibility index (Phi) is 5.80. The smallest absolute Gasteiger partial charge is 0.323 e. The van der Waals surface area contributed by atoms with Gasteiger partial charge in [-0.05, 0) is 24.1 Å². The maximum atomic E-state index is 11.4. The van der Waals surface area contributed by atoms with Crippen molar-refractivity contribution in [1.29, 1.82) is 0 Å². The highest BCUT2D eigenvalue weighted by molar-refractivity contribution is 6.18. The van der Waals surface area contributed by atoms with Crippen molar-refractivity contribution in [3.8, 4) is 5.75 Å². The van der Waals surface area contributed by atoms with Crippen LogP contribution in [0.3, 0.4) is 0 Å². The van der Waals surface area contributed by atoms with E-state index in [1.54, 1.807) is 7.11 Å². The van der Waals surface area contributed by atoms with Crippen molar-refractivity contribution in [3.05, 3.63) is 29.8 Å². The molecule has 0 aliphatic heterocycles. The Bertz CT molecular complexity index is 353. The largest absolute Gasteiger partial charge is 0.497 e. The Labute approximate surface area is 106 Å². The van der Waals surface area contributed by atoms with E-state index in [1.807, 2.05) is 24.3 Å². The van der Waals surface area contributed by atoms with Gasteiger partial charge in [0.15, 0.2) is 0 Å². The maximum Gasteiger partial charge on any atom is 0.323 e. The van der Waals surface area contributed by atoms with Crippen LogP contribution in [0.25, 0.3) is 0 Å². The van der Waals surface area contributed by atoms with Crippen LogP contribution >= 0.6 is 11.6 Å². The summed E-state index contributed by atoms with van der Waals surface area (Å²) >= 11 is 5.41. The standard InChI is InChI=1S/C12H16ClNO3/c1-16-10-4-2-9(3-5-10)8-11(14)12(15)17-7-6-13/h2-5,11H,6-8,14H2,1H3/t11-/m1/s1. The minimum atomic E-state index is -0.661. The summed E-state index contributed by atoms with van der Waals surface area (Å²) in [6.45, 7) is 0.191. The van der Waals surface area contributed by atoms with Crippen molar-refractivity contribution in [2.45, 2.75) is 12.5 Å². The molecule has 0 unspecified atom stereocenters. The highest BCUT2D eigenvalue weighted by Crippen LogP contribution is 2.12. The van der Waals surface area contributed by atoms with Gasteiger partial charge < -0.3 is 15.2 Å². The van der Waals surface area contributed by atoms with Gasteiger partial charge in [0.1, 0.15) is 18.4 Å². The lowest BCUT2D eigenvalue weighted by atomic mass is 10.1. The zero-order valence-corrected chi connectivity index (χ0v) is 10.4. The molecule has 4 nitrogen and oxygen atoms in total. The topological polar surface area (TPSA) is 61.5 Å². The molecule has 0 fully saturated rings. The van der Waals surface area contributed by atoms with Gasteiger partial charge in [0.2, 0.25) is 0 Å². The number of carbonyl (C=O) groups is 1. The molecule has 0 aliphatic rings. The summed E-state index contributed by atoms with van der Waals surface area (Å²) in [4.78, 5) is 11.4. The fourth-order valence-corrected chi connectivity index (χ4v) is 1.42. The Hall–Kier alpha value is -1.26. The van der Waals surface area contributed by atoms with Crippen LogP contribution in [0, 0.1) is 0 Å². The number of rotatable bonds is 6. The van der Waals surface area contributed by atoms with E-state index in [0.717, 1.165) is 11.3 Å². The first-order chi connectivity index (χ1) is 8.17. The molecule has 1 rings (SSSR count). The normalized spacial score (nSPS) is 11.9. The molecule has 0 aromatic heterocycles. The number of benzene rings is 1. The number of ether oxygens (including phenoxy) is 2. The van der Waals surface area contributed by atoms with Crippen molar-refractivity contribution in [2.24, 2.45) is 5.73 Å². The third-order valence-electron chi connectivity index (χ3n) is 2.24. The maximum absolute atomic E-state index is 11.4. The Morgan fingerprint density at radius 1 is 1.41 bits per heavy atom. The molecule has 0 amide bonds. The van der Waals surface area contributed by atoms with E-state index >= 15 is 0 Å². The van der Waals surface area contributed by atoms with E-state index in [4.69, 9.17) is 26.8 Å². The van der Waals surface area contributed by atoms with E-state index < -0.39 is 12.0 Å². The second-order valence-corrected chi connectivity index (χ2v) is 3.89. The first-order valence-corrected chi connectivity index (χ1v) is 5.82. The zero-order chi connectivity index (χ0) is 12.7. The highest BCUT2D eigenvalue weighted by atomic mass is 35.5. The van der Waals surface area contributed by atoms with Gasteiger partial charge in [0.05, 0.1) is 13.0 Å². The first-order valence-electron chi connectivity index (χ1n) is 5.28. The molecule has 0 aliphatic carbocycles. The molecule has 0 saturated heterocycles. The molecule has 0 heterocycles. The number of alkyl halides is 1. The molecular weight excluding hydrogens is 242 g/mol. The lowest BCUT2D eigenvalue weighted by Crippen LogP contribution is -2.34. The molecule has 94 valence electrons. The number of carbonyl (C=O) groups excluding carboxylic acids is 1. The molecule has 2 N–H and O–H groups in total. The minimum Gasteiger partial charge on any atom is -0.497 e. The van der Waals surface area contributed by atoms with E-state index in [1.165, 1.54) is 0 Å². The minimum absolute atomic E-state index is 0.191. The average Bonchev–Trinajstić information content (AvgIpc) is 2.36. The molecule has 1 atom stereocenters. The molecule has 0 spiro atoms. The predicted octanol–water partition coefficient (Wildman–Crippen LogP) is 1.35. The van der Waals surface area contributed by atoms with Gasteiger partial charge >= 0.3 is 5.97 Å². The molecule has 1 aromatic carbocycles. The lowest BCUT2D eigenvalue weighted by Gasteiger charge is -2.11. The van der Waals surface area contributed by atoms with Crippen LogP contribution in [0.15, 0.2) is 24.3 Å². The van der Waals surface area contributed by atoms with Crippen molar-refractivity contribution in [1.82, 2.24) is 0 Å². The van der Waals surface area contributed by atoms with Crippen LogP contribution in [0.5, 0.6) is 5.75 Å². The molecule has 0 bridgehead atoms. The Morgan fingerprint density at radius 2 is 2.06 bits per heavy atom. The fraction of sp³-hybridized carbons (Fsp3) is 0.417. The average molecular weight is 258 g/mol. The summed E-state index contributed by atoms with van der Waals surface area (Å²) in [5.41, 5.74) is 6.67. The fourth-order valence-electron chi connectivity index (χ4n) is 1.35.